The van der Waals surface area contributed by atoms with E-state index >= 15 is 0 Å². The van der Waals surface area contributed by atoms with Gasteiger partial charge in [0.2, 0.25) is 0 Å². The van der Waals surface area contributed by atoms with E-state index < -0.39 is 11.7 Å². The molecule has 7 heteroatoms. The molecule has 1 heterocycles. The van der Waals surface area contributed by atoms with Crippen LogP contribution in [0.5, 0.6) is 0 Å². The molecule has 1 saturated carbocycles. The first-order valence-corrected chi connectivity index (χ1v) is 8.59. The average molecular weight is 354 g/mol. The monoisotopic (exact) mass is 354 g/mol. The summed E-state index contributed by atoms with van der Waals surface area (Å²) in [7, 11) is 0. The highest BCUT2D eigenvalue weighted by Crippen LogP contribution is 2.31. The second kappa shape index (κ2) is 6.84. The Hall–Kier alpha value is -2.02. The Labute approximate surface area is 142 Å². The van der Waals surface area contributed by atoms with Crippen LogP contribution in [-0.2, 0) is 12.6 Å². The molecule has 1 fully saturated rings. The van der Waals surface area contributed by atoms with Crippen molar-refractivity contribution in [1.82, 2.24) is 4.90 Å². The van der Waals surface area contributed by atoms with Crippen LogP contribution in [-0.4, -0.2) is 23.5 Å². The summed E-state index contributed by atoms with van der Waals surface area (Å²) in [6, 6.07) is 8.55. The van der Waals surface area contributed by atoms with E-state index in [1.165, 1.54) is 17.0 Å². The summed E-state index contributed by atoms with van der Waals surface area (Å²) in [5, 5.41) is 4.58. The maximum atomic E-state index is 12.8. The zero-order chi connectivity index (χ0) is 17.2. The summed E-state index contributed by atoms with van der Waals surface area (Å²) < 4.78 is 38.3. The molecule has 0 unspecified atom stereocenters. The zero-order valence-electron chi connectivity index (χ0n) is 12.8. The Kier molecular flexibility index (Phi) is 4.80. The van der Waals surface area contributed by atoms with E-state index in [-0.39, 0.29) is 17.8 Å². The van der Waals surface area contributed by atoms with Gasteiger partial charge in [0.15, 0.2) is 0 Å². The molecule has 1 aliphatic rings. The van der Waals surface area contributed by atoms with Crippen LogP contribution in [0.4, 0.5) is 23.7 Å². The number of hydrogen-bond donors (Lipinski definition) is 1. The minimum atomic E-state index is -4.42. The Balaban J connectivity index is 1.65. The standard InChI is InChI=1S/C17H17F3N2OS/c18-17(19,20)12-3-1-4-13(11-12)21-16(23)22(14-6-7-14)9-8-15-5-2-10-24-15/h1-5,10-11,14H,6-9H2,(H,21,23). The van der Waals surface area contributed by atoms with Crippen LogP contribution in [0.15, 0.2) is 41.8 Å². The van der Waals surface area contributed by atoms with Gasteiger partial charge in [0.25, 0.3) is 0 Å². The van der Waals surface area contributed by atoms with Crippen LogP contribution in [0.2, 0.25) is 0 Å². The lowest BCUT2D eigenvalue weighted by molar-refractivity contribution is -0.137. The minimum Gasteiger partial charge on any atom is -0.321 e. The van der Waals surface area contributed by atoms with Gasteiger partial charge in [-0.25, -0.2) is 4.79 Å². The third-order valence-electron chi connectivity index (χ3n) is 3.87. The largest absolute Gasteiger partial charge is 0.416 e. The van der Waals surface area contributed by atoms with Gasteiger partial charge in [-0.1, -0.05) is 12.1 Å². The Bertz CT molecular complexity index is 696. The summed E-state index contributed by atoms with van der Waals surface area (Å²) in [4.78, 5) is 15.4. The number of alkyl halides is 3. The van der Waals surface area contributed by atoms with Crippen molar-refractivity contribution in [2.75, 3.05) is 11.9 Å². The molecule has 0 atom stereocenters. The lowest BCUT2D eigenvalue weighted by Crippen LogP contribution is -2.38. The van der Waals surface area contributed by atoms with Gasteiger partial charge in [0.1, 0.15) is 0 Å². The van der Waals surface area contributed by atoms with Crippen LogP contribution in [0, 0.1) is 0 Å². The van der Waals surface area contributed by atoms with E-state index in [0.29, 0.717) is 6.54 Å². The molecule has 0 bridgehead atoms. The first-order valence-electron chi connectivity index (χ1n) is 7.71. The van der Waals surface area contributed by atoms with Gasteiger partial charge in [0, 0.05) is 23.2 Å². The van der Waals surface area contributed by atoms with Crippen molar-refractivity contribution in [2.45, 2.75) is 31.5 Å². The molecule has 0 aliphatic heterocycles. The van der Waals surface area contributed by atoms with E-state index in [0.717, 1.165) is 31.4 Å². The number of thiophene rings is 1. The minimum absolute atomic E-state index is 0.164. The van der Waals surface area contributed by atoms with Gasteiger partial charge in [-0.05, 0) is 48.9 Å². The molecule has 1 aromatic carbocycles. The molecule has 0 radical (unpaired) electrons. The zero-order valence-corrected chi connectivity index (χ0v) is 13.7. The molecular weight excluding hydrogens is 337 g/mol. The number of rotatable bonds is 5. The summed E-state index contributed by atoms with van der Waals surface area (Å²) in [5.41, 5.74) is -0.603. The van der Waals surface area contributed by atoms with E-state index in [9.17, 15) is 18.0 Å². The molecule has 3 rings (SSSR count). The lowest BCUT2D eigenvalue weighted by atomic mass is 10.2. The van der Waals surface area contributed by atoms with E-state index in [1.807, 2.05) is 17.5 Å². The molecular formula is C17H17F3N2OS. The molecule has 1 aliphatic carbocycles. The van der Waals surface area contributed by atoms with Gasteiger partial charge < -0.3 is 10.2 Å². The average Bonchev–Trinajstić information content (AvgIpc) is 3.22. The Morgan fingerprint density at radius 3 is 2.67 bits per heavy atom. The molecule has 1 aromatic heterocycles. The number of nitrogens with zero attached hydrogens (tertiary/aromatic N) is 1. The first kappa shape index (κ1) is 16.8. The van der Waals surface area contributed by atoms with Crippen LogP contribution >= 0.6 is 11.3 Å². The molecule has 0 saturated heterocycles. The third kappa shape index (κ3) is 4.29. The highest BCUT2D eigenvalue weighted by Gasteiger charge is 2.33. The molecule has 128 valence electrons. The molecule has 1 N–H and O–H groups in total. The number of carbonyl (C=O) groups excluding carboxylic acids is 1. The molecule has 3 nitrogen and oxygen atoms in total. The molecule has 2 amide bonds. The van der Waals surface area contributed by atoms with Crippen molar-refractivity contribution < 1.29 is 18.0 Å². The van der Waals surface area contributed by atoms with Crippen molar-refractivity contribution in [1.29, 1.82) is 0 Å². The van der Waals surface area contributed by atoms with Gasteiger partial charge >= 0.3 is 12.2 Å². The topological polar surface area (TPSA) is 32.3 Å². The maximum absolute atomic E-state index is 12.8. The highest BCUT2D eigenvalue weighted by atomic mass is 32.1. The fourth-order valence-electron chi connectivity index (χ4n) is 2.49. The van der Waals surface area contributed by atoms with Crippen LogP contribution < -0.4 is 5.32 Å². The molecule has 24 heavy (non-hydrogen) atoms. The summed E-state index contributed by atoms with van der Waals surface area (Å²) in [6.45, 7) is 0.565. The number of halogens is 3. The maximum Gasteiger partial charge on any atom is 0.416 e. The fraction of sp³-hybridized carbons (Fsp3) is 0.353. The quantitative estimate of drug-likeness (QED) is 0.805. The lowest BCUT2D eigenvalue weighted by Gasteiger charge is -2.23. The van der Waals surface area contributed by atoms with E-state index in [2.05, 4.69) is 5.32 Å². The third-order valence-corrected chi connectivity index (χ3v) is 4.81. The molecule has 0 spiro atoms. The van der Waals surface area contributed by atoms with Crippen molar-refractivity contribution in [2.24, 2.45) is 0 Å². The number of amides is 2. The van der Waals surface area contributed by atoms with Gasteiger partial charge in [0.05, 0.1) is 5.56 Å². The van der Waals surface area contributed by atoms with E-state index in [1.54, 1.807) is 16.2 Å². The number of urea groups is 1. The van der Waals surface area contributed by atoms with Crippen molar-refractivity contribution in [3.8, 4) is 0 Å². The van der Waals surface area contributed by atoms with Crippen molar-refractivity contribution >= 4 is 23.1 Å². The second-order valence-corrected chi connectivity index (χ2v) is 6.79. The fourth-order valence-corrected chi connectivity index (χ4v) is 3.19. The summed E-state index contributed by atoms with van der Waals surface area (Å²) in [6.07, 6.45) is -1.78. The predicted molar refractivity (Wildman–Crippen MR) is 88.2 cm³/mol. The number of nitrogens with one attached hydrogen (secondary N) is 1. The van der Waals surface area contributed by atoms with Gasteiger partial charge in [-0.15, -0.1) is 11.3 Å². The van der Waals surface area contributed by atoms with Gasteiger partial charge in [-0.3, -0.25) is 0 Å². The Morgan fingerprint density at radius 1 is 1.25 bits per heavy atom. The summed E-state index contributed by atoms with van der Waals surface area (Å²) in [5.74, 6) is 0. The smallest absolute Gasteiger partial charge is 0.321 e. The van der Waals surface area contributed by atoms with Crippen LogP contribution in [0.3, 0.4) is 0 Å². The first-order chi connectivity index (χ1) is 11.4. The summed E-state index contributed by atoms with van der Waals surface area (Å²) >= 11 is 1.63. The van der Waals surface area contributed by atoms with E-state index in [4.69, 9.17) is 0 Å². The van der Waals surface area contributed by atoms with Crippen molar-refractivity contribution in [3.05, 3.63) is 52.2 Å². The number of carbonyl (C=O) groups is 1. The SMILES string of the molecule is O=C(Nc1cccc(C(F)(F)F)c1)N(CCc1cccs1)C1CC1. The number of hydrogen-bond acceptors (Lipinski definition) is 2. The highest BCUT2D eigenvalue weighted by molar-refractivity contribution is 7.09. The molecule has 2 aromatic rings. The second-order valence-electron chi connectivity index (χ2n) is 5.76. The number of anilines is 1. The Morgan fingerprint density at radius 2 is 2.04 bits per heavy atom. The normalized spacial score (nSPS) is 14.5. The predicted octanol–water partition coefficient (Wildman–Crippen LogP) is 5.01. The van der Waals surface area contributed by atoms with Crippen LogP contribution in [0.1, 0.15) is 23.3 Å². The van der Waals surface area contributed by atoms with Gasteiger partial charge in [-0.2, -0.15) is 13.2 Å². The number of benzene rings is 1. The van der Waals surface area contributed by atoms with Crippen LogP contribution in [0.25, 0.3) is 0 Å². The van der Waals surface area contributed by atoms with Crippen molar-refractivity contribution in [3.63, 3.8) is 0 Å².